The lowest BCUT2D eigenvalue weighted by molar-refractivity contribution is -0.124. The maximum atomic E-state index is 14.0. The van der Waals surface area contributed by atoms with Crippen molar-refractivity contribution in [2.45, 2.75) is 11.3 Å². The van der Waals surface area contributed by atoms with E-state index in [9.17, 15) is 26.0 Å². The molecule has 1 aromatic rings. The Bertz CT molecular complexity index is 884. The molecule has 0 aliphatic carbocycles. The van der Waals surface area contributed by atoms with Crippen molar-refractivity contribution in [1.29, 1.82) is 0 Å². The van der Waals surface area contributed by atoms with Gasteiger partial charge in [0.1, 0.15) is 10.7 Å². The van der Waals surface area contributed by atoms with Gasteiger partial charge in [-0.15, -0.1) is 4.83 Å². The second kappa shape index (κ2) is 7.14. The first kappa shape index (κ1) is 19.4. The maximum absolute atomic E-state index is 14.0. The Morgan fingerprint density at radius 2 is 1.84 bits per heavy atom. The number of halogens is 1. The number of hydrogen-bond acceptors (Lipinski definition) is 7. The summed E-state index contributed by atoms with van der Waals surface area (Å²) in [7, 11) is -5.23. The van der Waals surface area contributed by atoms with Crippen molar-refractivity contribution in [2.24, 2.45) is 5.92 Å². The standard InChI is InChI=1S/C13H17FN2O7S2/c1-22-10-5-9(14)12(6-11(10)23-2)25(20,21)16-15-13(17)8-3-4-24(18,19)7-8/h5-6,8,16H,3-4,7H2,1-2H3,(H,15,17)/t8-/m0/s1. The molecule has 1 saturated heterocycles. The van der Waals surface area contributed by atoms with Gasteiger partial charge in [-0.1, -0.05) is 0 Å². The van der Waals surface area contributed by atoms with E-state index in [1.807, 2.05) is 5.43 Å². The zero-order valence-corrected chi connectivity index (χ0v) is 15.0. The van der Waals surface area contributed by atoms with Crippen LogP contribution in [0.3, 0.4) is 0 Å². The molecule has 1 amide bonds. The van der Waals surface area contributed by atoms with Gasteiger partial charge in [-0.2, -0.15) is 0 Å². The van der Waals surface area contributed by atoms with Crippen LogP contribution in [0, 0.1) is 11.7 Å². The summed E-state index contributed by atoms with van der Waals surface area (Å²) in [4.78, 5) is 12.9. The summed E-state index contributed by atoms with van der Waals surface area (Å²) in [6.07, 6.45) is 0.0978. The summed E-state index contributed by atoms with van der Waals surface area (Å²) in [6.45, 7) is 0. The van der Waals surface area contributed by atoms with Gasteiger partial charge in [0.15, 0.2) is 21.3 Å². The fourth-order valence-electron chi connectivity index (χ4n) is 2.32. The van der Waals surface area contributed by atoms with Gasteiger partial charge in [-0.25, -0.2) is 21.2 Å². The van der Waals surface area contributed by atoms with Crippen LogP contribution in [0.25, 0.3) is 0 Å². The number of amides is 1. The van der Waals surface area contributed by atoms with Crippen LogP contribution in [0.1, 0.15) is 6.42 Å². The highest BCUT2D eigenvalue weighted by molar-refractivity contribution is 7.91. The van der Waals surface area contributed by atoms with Crippen molar-refractivity contribution in [3.05, 3.63) is 17.9 Å². The molecule has 1 aromatic carbocycles. The topological polar surface area (TPSA) is 128 Å². The van der Waals surface area contributed by atoms with E-state index in [1.54, 1.807) is 4.83 Å². The number of hydrazine groups is 1. The van der Waals surface area contributed by atoms with Gasteiger partial charge < -0.3 is 9.47 Å². The first-order chi connectivity index (χ1) is 11.6. The van der Waals surface area contributed by atoms with Crippen LogP contribution in [-0.4, -0.2) is 48.5 Å². The molecule has 1 atom stereocenters. The predicted octanol–water partition coefficient (Wildman–Crippen LogP) is -0.413. The zero-order valence-electron chi connectivity index (χ0n) is 13.4. The molecule has 1 aliphatic rings. The molecule has 9 nitrogen and oxygen atoms in total. The molecule has 0 aromatic heterocycles. The van der Waals surface area contributed by atoms with Gasteiger partial charge in [-0.05, 0) is 6.42 Å². The number of benzene rings is 1. The molecule has 2 N–H and O–H groups in total. The molecule has 0 saturated carbocycles. The average Bonchev–Trinajstić information content (AvgIpc) is 2.92. The number of carbonyl (C=O) groups excluding carboxylic acids is 1. The van der Waals surface area contributed by atoms with E-state index in [4.69, 9.17) is 9.47 Å². The molecule has 0 unspecified atom stereocenters. The summed E-state index contributed by atoms with van der Waals surface area (Å²) >= 11 is 0. The van der Waals surface area contributed by atoms with Crippen molar-refractivity contribution < 1.29 is 35.5 Å². The van der Waals surface area contributed by atoms with Crippen LogP contribution in [-0.2, 0) is 24.7 Å². The first-order valence-electron chi connectivity index (χ1n) is 7.03. The minimum atomic E-state index is -4.44. The first-order valence-corrected chi connectivity index (χ1v) is 10.3. The summed E-state index contributed by atoms with van der Waals surface area (Å²) in [5.41, 5.74) is 1.91. The second-order valence-corrected chi connectivity index (χ2v) is 9.21. The molecular weight excluding hydrogens is 379 g/mol. The summed E-state index contributed by atoms with van der Waals surface area (Å²) in [5, 5.41) is 0. The lowest BCUT2D eigenvalue weighted by Crippen LogP contribution is -2.45. The van der Waals surface area contributed by atoms with Crippen molar-refractivity contribution in [3.63, 3.8) is 0 Å². The quantitative estimate of drug-likeness (QED) is 0.626. The van der Waals surface area contributed by atoms with Crippen LogP contribution >= 0.6 is 0 Å². The third-order valence-corrected chi connectivity index (χ3v) is 6.67. The third kappa shape index (κ3) is 4.38. The number of sulfone groups is 1. The lowest BCUT2D eigenvalue weighted by atomic mass is 10.1. The highest BCUT2D eigenvalue weighted by Gasteiger charge is 2.33. The third-order valence-electron chi connectivity index (χ3n) is 3.64. The Labute approximate surface area is 144 Å². The van der Waals surface area contributed by atoms with Crippen LogP contribution in [0.4, 0.5) is 4.39 Å². The number of hydrogen-bond donors (Lipinski definition) is 2. The minimum absolute atomic E-state index is 0.000789. The molecule has 1 heterocycles. The summed E-state index contributed by atoms with van der Waals surface area (Å²) in [5.74, 6) is -3.28. The highest BCUT2D eigenvalue weighted by Crippen LogP contribution is 2.31. The Morgan fingerprint density at radius 1 is 1.24 bits per heavy atom. The number of carbonyl (C=O) groups is 1. The van der Waals surface area contributed by atoms with Crippen molar-refractivity contribution in [2.75, 3.05) is 25.7 Å². The SMILES string of the molecule is COc1cc(F)c(S(=O)(=O)NNC(=O)[C@H]2CCS(=O)(=O)C2)cc1OC. The maximum Gasteiger partial charge on any atom is 0.260 e. The fraction of sp³-hybridized carbons (Fsp3) is 0.462. The number of sulfonamides is 1. The van der Waals surface area contributed by atoms with Gasteiger partial charge in [0.2, 0.25) is 5.91 Å². The molecule has 0 bridgehead atoms. The van der Waals surface area contributed by atoms with E-state index in [0.717, 1.165) is 12.1 Å². The monoisotopic (exact) mass is 396 g/mol. The van der Waals surface area contributed by atoms with Gasteiger partial charge in [-0.3, -0.25) is 10.2 Å². The van der Waals surface area contributed by atoms with Crippen molar-refractivity contribution in [1.82, 2.24) is 10.3 Å². The number of rotatable bonds is 6. The van der Waals surface area contributed by atoms with E-state index >= 15 is 0 Å². The van der Waals surface area contributed by atoms with E-state index in [2.05, 4.69) is 0 Å². The van der Waals surface area contributed by atoms with Gasteiger partial charge >= 0.3 is 0 Å². The largest absolute Gasteiger partial charge is 0.493 e. The Hall–Kier alpha value is -1.92. The van der Waals surface area contributed by atoms with Crippen LogP contribution in [0.15, 0.2) is 17.0 Å². The molecule has 1 aliphatic heterocycles. The second-order valence-electron chi connectivity index (χ2n) is 5.33. The van der Waals surface area contributed by atoms with E-state index in [0.29, 0.717) is 0 Å². The Kier molecular flexibility index (Phi) is 5.54. The summed E-state index contributed by atoms with van der Waals surface area (Å²) in [6, 6.07) is 1.74. The van der Waals surface area contributed by atoms with E-state index in [-0.39, 0.29) is 29.4 Å². The van der Waals surface area contributed by atoms with Gasteiger partial charge in [0, 0.05) is 12.1 Å². The molecule has 140 valence electrons. The van der Waals surface area contributed by atoms with Crippen molar-refractivity contribution >= 4 is 25.8 Å². The Balaban J connectivity index is 2.15. The number of nitrogens with one attached hydrogen (secondary N) is 2. The average molecular weight is 396 g/mol. The lowest BCUT2D eigenvalue weighted by Gasteiger charge is -2.14. The smallest absolute Gasteiger partial charge is 0.260 e. The zero-order chi connectivity index (χ0) is 18.8. The highest BCUT2D eigenvalue weighted by atomic mass is 32.2. The summed E-state index contributed by atoms with van der Waals surface area (Å²) < 4.78 is 70.9. The Morgan fingerprint density at radius 3 is 2.36 bits per heavy atom. The minimum Gasteiger partial charge on any atom is -0.493 e. The number of methoxy groups -OCH3 is 2. The molecule has 1 fully saturated rings. The normalized spacial score (nSPS) is 19.4. The van der Waals surface area contributed by atoms with Crippen LogP contribution in [0.2, 0.25) is 0 Å². The molecule has 2 rings (SSSR count). The molecule has 25 heavy (non-hydrogen) atoms. The van der Waals surface area contributed by atoms with Gasteiger partial charge in [0.05, 0.1) is 31.6 Å². The van der Waals surface area contributed by atoms with Crippen molar-refractivity contribution in [3.8, 4) is 11.5 Å². The van der Waals surface area contributed by atoms with E-state index in [1.165, 1.54) is 14.2 Å². The number of ether oxygens (including phenoxy) is 2. The van der Waals surface area contributed by atoms with Gasteiger partial charge in [0.25, 0.3) is 10.0 Å². The molecular formula is C13H17FN2O7S2. The van der Waals surface area contributed by atoms with Crippen LogP contribution < -0.4 is 19.7 Å². The predicted molar refractivity (Wildman–Crippen MR) is 84.7 cm³/mol. The molecule has 0 spiro atoms. The molecule has 12 heteroatoms. The van der Waals surface area contributed by atoms with E-state index < -0.39 is 42.4 Å². The van der Waals surface area contributed by atoms with Crippen LogP contribution in [0.5, 0.6) is 11.5 Å². The fourth-order valence-corrected chi connectivity index (χ4v) is 4.98. The molecule has 0 radical (unpaired) electrons.